The van der Waals surface area contributed by atoms with Crippen LogP contribution in [0.4, 0.5) is 0 Å². The van der Waals surface area contributed by atoms with Crippen LogP contribution in [-0.2, 0) is 0 Å². The number of nitrogens with two attached hydrogens (primary N) is 1. The molecule has 2 rings (SSSR count). The third-order valence-corrected chi connectivity index (χ3v) is 3.16. The Hall–Kier alpha value is -1.59. The van der Waals surface area contributed by atoms with Gasteiger partial charge in [-0.3, -0.25) is 5.41 Å². The number of nitrogens with zero attached hydrogens (tertiary/aromatic N) is 2. The molecule has 17 heavy (non-hydrogen) atoms. The Balaban J connectivity index is 2.37. The van der Waals surface area contributed by atoms with Crippen LogP contribution in [0.25, 0.3) is 0 Å². The summed E-state index contributed by atoms with van der Waals surface area (Å²) in [5.74, 6) is 0.0000905. The maximum atomic E-state index is 7.49. The summed E-state index contributed by atoms with van der Waals surface area (Å²) in [5, 5.41) is 8.68. The fourth-order valence-corrected chi connectivity index (χ4v) is 2.37. The lowest BCUT2D eigenvalue weighted by molar-refractivity contribution is 0.966. The molecule has 3 N–H and O–H groups in total. The van der Waals surface area contributed by atoms with Crippen LogP contribution in [0, 0.1) is 5.41 Å². The van der Waals surface area contributed by atoms with Crippen molar-refractivity contribution in [3.8, 4) is 0 Å². The van der Waals surface area contributed by atoms with E-state index >= 15 is 0 Å². The molecule has 1 aromatic carbocycles. The van der Waals surface area contributed by atoms with Crippen LogP contribution < -0.4 is 5.73 Å². The minimum Gasteiger partial charge on any atom is -0.384 e. The van der Waals surface area contributed by atoms with E-state index in [4.69, 9.17) is 22.7 Å². The van der Waals surface area contributed by atoms with Gasteiger partial charge in [0.05, 0.1) is 0 Å². The Morgan fingerprint density at radius 2 is 2.00 bits per heavy atom. The van der Waals surface area contributed by atoms with Crippen molar-refractivity contribution in [1.82, 2.24) is 9.97 Å². The number of nitrogens with one attached hydrogen (secondary N) is 1. The molecule has 1 heterocycles. The second-order valence-corrected chi connectivity index (χ2v) is 4.63. The maximum Gasteiger partial charge on any atom is 0.192 e. The van der Waals surface area contributed by atoms with Gasteiger partial charge in [-0.1, -0.05) is 11.6 Å². The zero-order valence-corrected chi connectivity index (χ0v) is 10.3. The molecule has 0 spiro atoms. The first-order valence-corrected chi connectivity index (χ1v) is 5.95. The molecule has 0 saturated heterocycles. The number of halogens is 1. The van der Waals surface area contributed by atoms with E-state index in [1.54, 1.807) is 36.7 Å². The number of nitrogen functional groups attached to an aromatic ring is 1. The van der Waals surface area contributed by atoms with Crippen molar-refractivity contribution in [2.75, 3.05) is 0 Å². The van der Waals surface area contributed by atoms with Crippen LogP contribution in [-0.4, -0.2) is 15.8 Å². The third kappa shape index (κ3) is 2.95. The molecule has 0 atom stereocenters. The monoisotopic (exact) mass is 264 g/mol. The van der Waals surface area contributed by atoms with Gasteiger partial charge in [0, 0.05) is 27.9 Å². The molecule has 0 aliphatic rings. The molecule has 0 saturated carbocycles. The van der Waals surface area contributed by atoms with Crippen molar-refractivity contribution in [1.29, 1.82) is 5.41 Å². The molecule has 0 aliphatic heterocycles. The summed E-state index contributed by atoms with van der Waals surface area (Å²) in [5.41, 5.74) is 6.14. The highest BCUT2D eigenvalue weighted by Gasteiger charge is 2.09. The molecule has 6 heteroatoms. The van der Waals surface area contributed by atoms with E-state index in [1.165, 1.54) is 11.8 Å². The molecule has 0 unspecified atom stereocenters. The predicted molar refractivity (Wildman–Crippen MR) is 68.6 cm³/mol. The van der Waals surface area contributed by atoms with Crippen molar-refractivity contribution in [3.63, 3.8) is 0 Å². The van der Waals surface area contributed by atoms with Gasteiger partial charge in [0.15, 0.2) is 5.16 Å². The lowest BCUT2D eigenvalue weighted by Gasteiger charge is -2.06. The Morgan fingerprint density at radius 1 is 1.29 bits per heavy atom. The zero-order valence-electron chi connectivity index (χ0n) is 8.72. The van der Waals surface area contributed by atoms with Gasteiger partial charge in [-0.2, -0.15) is 0 Å². The fourth-order valence-electron chi connectivity index (χ4n) is 1.24. The average Bonchev–Trinajstić information content (AvgIpc) is 2.30. The van der Waals surface area contributed by atoms with E-state index in [9.17, 15) is 0 Å². The second-order valence-electron chi connectivity index (χ2n) is 3.19. The zero-order chi connectivity index (χ0) is 12.3. The van der Waals surface area contributed by atoms with Crippen molar-refractivity contribution in [2.24, 2.45) is 5.73 Å². The van der Waals surface area contributed by atoms with Crippen LogP contribution in [0.1, 0.15) is 5.56 Å². The normalized spacial score (nSPS) is 10.2. The number of hydrogen-bond donors (Lipinski definition) is 2. The number of hydrogen-bond acceptors (Lipinski definition) is 4. The Kier molecular flexibility index (Phi) is 3.61. The van der Waals surface area contributed by atoms with Crippen molar-refractivity contribution in [2.45, 2.75) is 10.1 Å². The van der Waals surface area contributed by atoms with Gasteiger partial charge < -0.3 is 5.73 Å². The number of rotatable bonds is 3. The van der Waals surface area contributed by atoms with E-state index in [0.29, 0.717) is 15.7 Å². The van der Waals surface area contributed by atoms with Crippen LogP contribution in [0.2, 0.25) is 5.02 Å². The van der Waals surface area contributed by atoms with Crippen LogP contribution in [0.3, 0.4) is 0 Å². The summed E-state index contributed by atoms with van der Waals surface area (Å²) < 4.78 is 0. The number of benzene rings is 1. The first kappa shape index (κ1) is 11.9. The van der Waals surface area contributed by atoms with Gasteiger partial charge in [-0.05, 0) is 36.0 Å². The Bertz CT molecular complexity index is 544. The summed E-state index contributed by atoms with van der Waals surface area (Å²) in [6.45, 7) is 0. The van der Waals surface area contributed by atoms with Gasteiger partial charge in [-0.15, -0.1) is 0 Å². The lowest BCUT2D eigenvalue weighted by Crippen LogP contribution is -2.12. The van der Waals surface area contributed by atoms with Crippen molar-refractivity contribution >= 4 is 29.2 Å². The van der Waals surface area contributed by atoms with Gasteiger partial charge >= 0.3 is 0 Å². The number of aromatic nitrogens is 2. The Morgan fingerprint density at radius 3 is 2.65 bits per heavy atom. The average molecular weight is 265 g/mol. The predicted octanol–water partition coefficient (Wildman–Crippen LogP) is 2.57. The van der Waals surface area contributed by atoms with E-state index in [0.717, 1.165) is 4.90 Å². The number of amidine groups is 1. The molecular formula is C11H9ClN4S. The highest BCUT2D eigenvalue weighted by atomic mass is 35.5. The van der Waals surface area contributed by atoms with Crippen LogP contribution >= 0.6 is 23.4 Å². The first-order valence-electron chi connectivity index (χ1n) is 4.75. The molecular weight excluding hydrogens is 256 g/mol. The quantitative estimate of drug-likeness (QED) is 0.508. The molecule has 0 radical (unpaired) electrons. The largest absolute Gasteiger partial charge is 0.384 e. The van der Waals surface area contributed by atoms with Gasteiger partial charge in [0.1, 0.15) is 5.84 Å². The van der Waals surface area contributed by atoms with E-state index in [-0.39, 0.29) is 5.84 Å². The summed E-state index contributed by atoms with van der Waals surface area (Å²) in [7, 11) is 0. The Labute approximate surface area is 108 Å². The molecule has 0 fully saturated rings. The van der Waals surface area contributed by atoms with Crippen molar-refractivity contribution in [3.05, 3.63) is 47.2 Å². The van der Waals surface area contributed by atoms with Crippen LogP contribution in [0.15, 0.2) is 46.7 Å². The van der Waals surface area contributed by atoms with Gasteiger partial charge in [0.2, 0.25) is 0 Å². The highest BCUT2D eigenvalue weighted by molar-refractivity contribution is 7.99. The minimum absolute atomic E-state index is 0.0000905. The first-order chi connectivity index (χ1) is 8.16. The smallest absolute Gasteiger partial charge is 0.192 e. The summed E-state index contributed by atoms with van der Waals surface area (Å²) >= 11 is 7.25. The van der Waals surface area contributed by atoms with Gasteiger partial charge in [-0.25, -0.2) is 9.97 Å². The van der Waals surface area contributed by atoms with Gasteiger partial charge in [0.25, 0.3) is 0 Å². The van der Waals surface area contributed by atoms with E-state index in [2.05, 4.69) is 9.97 Å². The topological polar surface area (TPSA) is 75.7 Å². The third-order valence-electron chi connectivity index (χ3n) is 1.98. The fraction of sp³-hybridized carbons (Fsp3) is 0. The molecule has 0 amide bonds. The molecule has 0 aliphatic carbocycles. The molecule has 1 aromatic heterocycles. The minimum atomic E-state index is 0.0000905. The van der Waals surface area contributed by atoms with E-state index < -0.39 is 0 Å². The molecule has 0 bridgehead atoms. The summed E-state index contributed by atoms with van der Waals surface area (Å²) in [6.07, 6.45) is 3.32. The second kappa shape index (κ2) is 5.16. The van der Waals surface area contributed by atoms with E-state index in [1.807, 2.05) is 0 Å². The summed E-state index contributed by atoms with van der Waals surface area (Å²) in [6, 6.07) is 6.91. The molecule has 86 valence electrons. The maximum absolute atomic E-state index is 7.49. The van der Waals surface area contributed by atoms with Crippen molar-refractivity contribution < 1.29 is 0 Å². The standard InChI is InChI=1S/C11H9ClN4S/c12-7-2-3-8(10(13)14)9(6-7)17-11-15-4-1-5-16-11/h1-6H,(H3,13,14). The SMILES string of the molecule is N=C(N)c1ccc(Cl)cc1Sc1ncccn1. The molecule has 2 aromatic rings. The lowest BCUT2D eigenvalue weighted by atomic mass is 10.2. The summed E-state index contributed by atoms with van der Waals surface area (Å²) in [4.78, 5) is 8.98. The van der Waals surface area contributed by atoms with Crippen LogP contribution in [0.5, 0.6) is 0 Å². The highest BCUT2D eigenvalue weighted by Crippen LogP contribution is 2.29. The molecule has 4 nitrogen and oxygen atoms in total.